The van der Waals surface area contributed by atoms with Gasteiger partial charge in [-0.15, -0.1) is 6.58 Å². The van der Waals surface area contributed by atoms with Gasteiger partial charge >= 0.3 is 0 Å². The Labute approximate surface area is 61.9 Å². The molecule has 10 heavy (non-hydrogen) atoms. The van der Waals surface area contributed by atoms with E-state index in [1.807, 2.05) is 0 Å². The van der Waals surface area contributed by atoms with Gasteiger partial charge in [-0.2, -0.15) is 0 Å². The van der Waals surface area contributed by atoms with Crippen molar-refractivity contribution in [2.75, 3.05) is 6.61 Å². The van der Waals surface area contributed by atoms with Gasteiger partial charge in [-0.05, 0) is 6.42 Å². The van der Waals surface area contributed by atoms with Crippen LogP contribution in [0.3, 0.4) is 0 Å². The topological polar surface area (TPSA) is 26.3 Å². The van der Waals surface area contributed by atoms with Crippen molar-refractivity contribution in [3.8, 4) is 0 Å². The smallest absolute Gasteiger partial charge is 0.148 e. The first-order valence-electron chi connectivity index (χ1n) is 3.32. The van der Waals surface area contributed by atoms with Crippen molar-refractivity contribution in [2.45, 2.75) is 18.9 Å². The Kier molecular flexibility index (Phi) is 6.08. The molecule has 57 valence electrons. The van der Waals surface area contributed by atoms with E-state index in [9.17, 15) is 4.79 Å². The SMILES string of the molecule is [CH2]CCC(C=O)OCC=C. The van der Waals surface area contributed by atoms with Crippen molar-refractivity contribution in [1.29, 1.82) is 0 Å². The highest BCUT2D eigenvalue weighted by Crippen LogP contribution is 1.97. The lowest BCUT2D eigenvalue weighted by Crippen LogP contribution is -2.13. The molecule has 2 nitrogen and oxygen atoms in total. The average molecular weight is 141 g/mol. The third-order valence-electron chi connectivity index (χ3n) is 1.07. The van der Waals surface area contributed by atoms with E-state index in [-0.39, 0.29) is 6.10 Å². The highest BCUT2D eigenvalue weighted by Gasteiger charge is 2.02. The van der Waals surface area contributed by atoms with Crippen molar-refractivity contribution in [3.05, 3.63) is 19.6 Å². The van der Waals surface area contributed by atoms with Crippen LogP contribution in [-0.4, -0.2) is 19.0 Å². The summed E-state index contributed by atoms with van der Waals surface area (Å²) >= 11 is 0. The Bertz CT molecular complexity index is 99.4. The van der Waals surface area contributed by atoms with Gasteiger partial charge in [0.2, 0.25) is 0 Å². The Morgan fingerprint density at radius 2 is 2.30 bits per heavy atom. The third kappa shape index (κ3) is 4.27. The molecule has 0 aromatic heterocycles. The van der Waals surface area contributed by atoms with Crippen molar-refractivity contribution in [3.63, 3.8) is 0 Å². The Morgan fingerprint density at radius 1 is 1.60 bits per heavy atom. The number of rotatable bonds is 6. The maximum atomic E-state index is 10.2. The normalized spacial score (nSPS) is 12.5. The minimum atomic E-state index is -0.296. The molecule has 0 aromatic carbocycles. The number of ether oxygens (including phenoxy) is 1. The van der Waals surface area contributed by atoms with Crippen molar-refractivity contribution in [1.82, 2.24) is 0 Å². The summed E-state index contributed by atoms with van der Waals surface area (Å²) in [5, 5.41) is 0. The molecule has 0 bridgehead atoms. The van der Waals surface area contributed by atoms with E-state index in [4.69, 9.17) is 4.74 Å². The molecule has 0 spiro atoms. The van der Waals surface area contributed by atoms with Gasteiger partial charge in [0, 0.05) is 0 Å². The third-order valence-corrected chi connectivity index (χ3v) is 1.07. The monoisotopic (exact) mass is 141 g/mol. The number of hydrogen-bond acceptors (Lipinski definition) is 2. The lowest BCUT2D eigenvalue weighted by molar-refractivity contribution is -0.117. The Balaban J connectivity index is 3.38. The maximum absolute atomic E-state index is 10.2. The van der Waals surface area contributed by atoms with E-state index in [1.165, 1.54) is 0 Å². The Morgan fingerprint density at radius 3 is 2.70 bits per heavy atom. The molecule has 0 rings (SSSR count). The minimum Gasteiger partial charge on any atom is -0.367 e. The summed E-state index contributed by atoms with van der Waals surface area (Å²) in [6.45, 7) is 7.52. The summed E-state index contributed by atoms with van der Waals surface area (Å²) in [5.74, 6) is 0. The van der Waals surface area contributed by atoms with Crippen LogP contribution in [0.15, 0.2) is 12.7 Å². The van der Waals surface area contributed by atoms with Crippen LogP contribution in [0.2, 0.25) is 0 Å². The summed E-state index contributed by atoms with van der Waals surface area (Å²) in [4.78, 5) is 10.2. The van der Waals surface area contributed by atoms with Crippen LogP contribution in [0.5, 0.6) is 0 Å². The first-order valence-corrected chi connectivity index (χ1v) is 3.32. The zero-order chi connectivity index (χ0) is 7.82. The molecule has 0 N–H and O–H groups in total. The average Bonchev–Trinajstić information content (AvgIpc) is 1.98. The van der Waals surface area contributed by atoms with Gasteiger partial charge in [0.1, 0.15) is 12.4 Å². The van der Waals surface area contributed by atoms with Gasteiger partial charge in [-0.3, -0.25) is 0 Å². The van der Waals surface area contributed by atoms with Crippen molar-refractivity contribution in [2.24, 2.45) is 0 Å². The van der Waals surface area contributed by atoms with Gasteiger partial charge in [0.25, 0.3) is 0 Å². The van der Waals surface area contributed by atoms with E-state index in [0.717, 1.165) is 12.7 Å². The number of carbonyl (C=O) groups is 1. The first-order chi connectivity index (χ1) is 4.85. The number of hydrogen-bond donors (Lipinski definition) is 0. The molecular formula is C8H13O2. The highest BCUT2D eigenvalue weighted by atomic mass is 16.5. The van der Waals surface area contributed by atoms with Gasteiger partial charge in [0.05, 0.1) is 6.61 Å². The maximum Gasteiger partial charge on any atom is 0.148 e. The second-order valence-electron chi connectivity index (χ2n) is 1.94. The fourth-order valence-corrected chi connectivity index (χ4v) is 0.583. The molecule has 0 aliphatic rings. The fourth-order valence-electron chi connectivity index (χ4n) is 0.583. The van der Waals surface area contributed by atoms with Gasteiger partial charge in [0.15, 0.2) is 0 Å². The summed E-state index contributed by atoms with van der Waals surface area (Å²) in [6, 6.07) is 0. The predicted molar refractivity (Wildman–Crippen MR) is 40.6 cm³/mol. The summed E-state index contributed by atoms with van der Waals surface area (Å²) in [7, 11) is 0. The van der Waals surface area contributed by atoms with Gasteiger partial charge < -0.3 is 9.53 Å². The lowest BCUT2D eigenvalue weighted by Gasteiger charge is -2.07. The molecule has 1 unspecified atom stereocenters. The molecule has 0 aliphatic carbocycles. The summed E-state index contributed by atoms with van der Waals surface area (Å²) < 4.78 is 5.05. The number of aldehydes is 1. The minimum absolute atomic E-state index is 0.296. The van der Waals surface area contributed by atoms with E-state index >= 15 is 0 Å². The van der Waals surface area contributed by atoms with E-state index in [0.29, 0.717) is 13.0 Å². The van der Waals surface area contributed by atoms with Crippen LogP contribution in [0.1, 0.15) is 12.8 Å². The lowest BCUT2D eigenvalue weighted by atomic mass is 10.2. The summed E-state index contributed by atoms with van der Waals surface area (Å²) in [6.07, 6.45) is 3.54. The zero-order valence-corrected chi connectivity index (χ0v) is 6.08. The largest absolute Gasteiger partial charge is 0.367 e. The molecule has 0 amide bonds. The molecule has 1 atom stereocenters. The highest BCUT2D eigenvalue weighted by molar-refractivity contribution is 5.55. The van der Waals surface area contributed by atoms with Crippen LogP contribution in [0, 0.1) is 6.92 Å². The predicted octanol–water partition coefficient (Wildman–Crippen LogP) is 1.37. The Hall–Kier alpha value is -0.630. The van der Waals surface area contributed by atoms with Crippen LogP contribution >= 0.6 is 0 Å². The van der Waals surface area contributed by atoms with Crippen LogP contribution < -0.4 is 0 Å². The molecule has 1 radical (unpaired) electrons. The van der Waals surface area contributed by atoms with Gasteiger partial charge in [-0.25, -0.2) is 0 Å². The second kappa shape index (κ2) is 6.49. The van der Waals surface area contributed by atoms with E-state index < -0.39 is 0 Å². The van der Waals surface area contributed by atoms with Crippen LogP contribution in [0.4, 0.5) is 0 Å². The fraction of sp³-hybridized carbons (Fsp3) is 0.500. The first kappa shape index (κ1) is 9.37. The second-order valence-corrected chi connectivity index (χ2v) is 1.94. The van der Waals surface area contributed by atoms with Crippen LogP contribution in [-0.2, 0) is 9.53 Å². The van der Waals surface area contributed by atoms with Crippen molar-refractivity contribution >= 4 is 6.29 Å². The van der Waals surface area contributed by atoms with Crippen LogP contribution in [0.25, 0.3) is 0 Å². The van der Waals surface area contributed by atoms with E-state index in [1.54, 1.807) is 6.08 Å². The molecule has 0 fully saturated rings. The molecule has 0 saturated heterocycles. The molecule has 0 saturated carbocycles. The number of carbonyl (C=O) groups excluding carboxylic acids is 1. The molecule has 0 aromatic rings. The summed E-state index contributed by atoms with van der Waals surface area (Å²) in [5.41, 5.74) is 0. The molecular weight excluding hydrogens is 128 g/mol. The standard InChI is InChI=1S/C8H13O2/c1-3-5-8(7-9)10-6-4-2/h4,7-8H,1-3,5-6H2. The van der Waals surface area contributed by atoms with Crippen molar-refractivity contribution < 1.29 is 9.53 Å². The molecule has 0 aliphatic heterocycles. The molecule has 0 heterocycles. The quantitative estimate of drug-likeness (QED) is 0.412. The molecule has 2 heteroatoms. The van der Waals surface area contributed by atoms with E-state index in [2.05, 4.69) is 13.5 Å². The van der Waals surface area contributed by atoms with Gasteiger partial charge in [-0.1, -0.05) is 19.4 Å². The zero-order valence-electron chi connectivity index (χ0n) is 6.08.